The van der Waals surface area contributed by atoms with E-state index in [0.717, 1.165) is 30.5 Å². The quantitative estimate of drug-likeness (QED) is 0.355. The summed E-state index contributed by atoms with van der Waals surface area (Å²) in [5, 5.41) is 21.9. The zero-order valence-electron chi connectivity index (χ0n) is 17.9. The highest BCUT2D eigenvalue weighted by Crippen LogP contribution is 2.49. The summed E-state index contributed by atoms with van der Waals surface area (Å²) in [6.45, 7) is 0. The van der Waals surface area contributed by atoms with Gasteiger partial charge in [-0.3, -0.25) is 0 Å². The molecule has 0 bridgehead atoms. The molecule has 0 aliphatic heterocycles. The number of hydrogen-bond acceptors (Lipinski definition) is 7. The van der Waals surface area contributed by atoms with Gasteiger partial charge < -0.3 is 19.9 Å². The Morgan fingerprint density at radius 2 is 1.69 bits per heavy atom. The number of benzene rings is 2. The molecule has 2 aromatic heterocycles. The standard InChI is InChI=1S/C24H17F3N4O4/c25-24(26,27)35-18-7-5-17(6-8-18)34-21-19-15(13-29-31-21)9-12-28-20(19)30-23(10-11-23)16-3-1-14(2-4-16)22(32)33/h1-9,12-13H,10-11H2,(H,28,30)(H,32,33). The maximum atomic E-state index is 12.4. The van der Waals surface area contributed by atoms with Crippen LogP contribution in [0.25, 0.3) is 10.8 Å². The molecule has 4 aromatic rings. The number of aromatic carboxylic acids is 1. The number of aromatic nitrogens is 3. The van der Waals surface area contributed by atoms with Crippen LogP contribution in [-0.2, 0) is 5.54 Å². The van der Waals surface area contributed by atoms with Crippen molar-refractivity contribution in [2.24, 2.45) is 0 Å². The molecule has 0 saturated heterocycles. The summed E-state index contributed by atoms with van der Waals surface area (Å²) in [6.07, 6.45) is 0.00169. The first-order valence-corrected chi connectivity index (χ1v) is 10.5. The summed E-state index contributed by atoms with van der Waals surface area (Å²) in [6, 6.07) is 13.3. The molecule has 8 nitrogen and oxygen atoms in total. The predicted octanol–water partition coefficient (Wildman–Crippen LogP) is 5.52. The van der Waals surface area contributed by atoms with Crippen LogP contribution < -0.4 is 14.8 Å². The number of nitrogens with one attached hydrogen (secondary N) is 1. The lowest BCUT2D eigenvalue weighted by molar-refractivity contribution is -0.274. The van der Waals surface area contributed by atoms with Gasteiger partial charge in [0.2, 0.25) is 0 Å². The highest BCUT2D eigenvalue weighted by Gasteiger charge is 2.45. The fraction of sp³-hybridized carbons (Fsp3) is 0.167. The third-order valence-corrected chi connectivity index (χ3v) is 5.61. The molecule has 11 heteroatoms. The molecule has 35 heavy (non-hydrogen) atoms. The van der Waals surface area contributed by atoms with Crippen molar-refractivity contribution < 1.29 is 32.5 Å². The Balaban J connectivity index is 1.44. The average Bonchev–Trinajstić information content (AvgIpc) is 3.60. The van der Waals surface area contributed by atoms with Gasteiger partial charge in [-0.1, -0.05) is 12.1 Å². The summed E-state index contributed by atoms with van der Waals surface area (Å²) >= 11 is 0. The molecule has 0 unspecified atom stereocenters. The molecule has 1 aliphatic carbocycles. The number of carbonyl (C=O) groups is 1. The number of anilines is 1. The van der Waals surface area contributed by atoms with Crippen LogP contribution in [0, 0.1) is 0 Å². The van der Waals surface area contributed by atoms with Gasteiger partial charge in [-0.05, 0) is 60.9 Å². The SMILES string of the molecule is O=C(O)c1ccc(C2(Nc3nccc4cnnc(Oc5ccc(OC(F)(F)F)cc5)c34)CC2)cc1. The number of pyridine rings is 1. The van der Waals surface area contributed by atoms with E-state index in [1.165, 1.54) is 12.1 Å². The molecule has 1 fully saturated rings. The van der Waals surface area contributed by atoms with E-state index < -0.39 is 17.9 Å². The summed E-state index contributed by atoms with van der Waals surface area (Å²) < 4.78 is 47.0. The number of halogens is 3. The molecule has 0 amide bonds. The number of alkyl halides is 3. The van der Waals surface area contributed by atoms with E-state index in [4.69, 9.17) is 9.84 Å². The first-order chi connectivity index (χ1) is 16.7. The largest absolute Gasteiger partial charge is 0.573 e. The first kappa shape index (κ1) is 22.4. The summed E-state index contributed by atoms with van der Waals surface area (Å²) in [5.74, 6) is -0.517. The second kappa shape index (κ2) is 8.42. The smallest absolute Gasteiger partial charge is 0.478 e. The molecule has 1 aliphatic rings. The molecule has 2 N–H and O–H groups in total. The van der Waals surface area contributed by atoms with Gasteiger partial charge in [-0.25, -0.2) is 9.78 Å². The van der Waals surface area contributed by atoms with Crippen LogP contribution in [0.1, 0.15) is 28.8 Å². The fourth-order valence-corrected chi connectivity index (χ4v) is 3.76. The lowest BCUT2D eigenvalue weighted by Gasteiger charge is -2.20. The number of hydrogen-bond donors (Lipinski definition) is 2. The predicted molar refractivity (Wildman–Crippen MR) is 118 cm³/mol. The highest BCUT2D eigenvalue weighted by molar-refractivity contribution is 5.95. The van der Waals surface area contributed by atoms with Gasteiger partial charge in [-0.2, -0.15) is 5.10 Å². The van der Waals surface area contributed by atoms with Crippen molar-refractivity contribution in [1.29, 1.82) is 0 Å². The van der Waals surface area contributed by atoms with Crippen molar-refractivity contribution in [2.45, 2.75) is 24.7 Å². The minimum atomic E-state index is -4.79. The second-order valence-electron chi connectivity index (χ2n) is 7.98. The van der Waals surface area contributed by atoms with Crippen molar-refractivity contribution in [1.82, 2.24) is 15.2 Å². The molecule has 0 radical (unpaired) electrons. The van der Waals surface area contributed by atoms with Crippen LogP contribution in [0.3, 0.4) is 0 Å². The van der Waals surface area contributed by atoms with E-state index in [1.807, 2.05) is 0 Å². The molecule has 0 spiro atoms. The molecule has 178 valence electrons. The Bertz CT molecular complexity index is 1380. The summed E-state index contributed by atoms with van der Waals surface area (Å²) in [5.41, 5.74) is 0.701. The molecular weight excluding hydrogens is 465 g/mol. The van der Waals surface area contributed by atoms with Crippen molar-refractivity contribution in [3.63, 3.8) is 0 Å². The normalized spacial score (nSPS) is 14.4. The van der Waals surface area contributed by atoms with Crippen LogP contribution in [0.15, 0.2) is 67.0 Å². The number of rotatable bonds is 7. The maximum absolute atomic E-state index is 12.4. The minimum Gasteiger partial charge on any atom is -0.478 e. The van der Waals surface area contributed by atoms with Crippen molar-refractivity contribution in [3.05, 3.63) is 78.1 Å². The van der Waals surface area contributed by atoms with Crippen molar-refractivity contribution in [3.8, 4) is 17.4 Å². The van der Waals surface area contributed by atoms with Gasteiger partial charge in [-0.15, -0.1) is 18.3 Å². The lowest BCUT2D eigenvalue weighted by atomic mass is 10.0. The zero-order valence-corrected chi connectivity index (χ0v) is 17.9. The number of carboxylic acids is 1. The molecular formula is C24H17F3N4O4. The van der Waals surface area contributed by atoms with Gasteiger partial charge in [0.05, 0.1) is 22.7 Å². The molecule has 5 rings (SSSR count). The second-order valence-corrected chi connectivity index (χ2v) is 7.98. The van der Waals surface area contributed by atoms with E-state index >= 15 is 0 Å². The molecule has 0 atom stereocenters. The fourth-order valence-electron chi connectivity index (χ4n) is 3.76. The Morgan fingerprint density at radius 3 is 2.31 bits per heavy atom. The van der Waals surface area contributed by atoms with Gasteiger partial charge in [0, 0.05) is 11.6 Å². The number of fused-ring (bicyclic) bond motifs is 1. The van der Waals surface area contributed by atoms with E-state index in [0.29, 0.717) is 16.6 Å². The highest BCUT2D eigenvalue weighted by atomic mass is 19.4. The molecule has 2 heterocycles. The molecule has 1 saturated carbocycles. The van der Waals surface area contributed by atoms with E-state index in [9.17, 15) is 18.0 Å². The van der Waals surface area contributed by atoms with Gasteiger partial charge >= 0.3 is 12.3 Å². The van der Waals surface area contributed by atoms with Gasteiger partial charge in [0.1, 0.15) is 17.3 Å². The monoisotopic (exact) mass is 482 g/mol. The number of nitrogens with zero attached hydrogens (tertiary/aromatic N) is 3. The Labute approximate surface area is 196 Å². The van der Waals surface area contributed by atoms with E-state index in [2.05, 4.69) is 25.2 Å². The topological polar surface area (TPSA) is 106 Å². The Morgan fingerprint density at radius 1 is 1.00 bits per heavy atom. The zero-order chi connectivity index (χ0) is 24.6. The number of ether oxygens (including phenoxy) is 2. The van der Waals surface area contributed by atoms with Crippen LogP contribution in [0.2, 0.25) is 0 Å². The number of carboxylic acid groups (broad SMARTS) is 1. The Hall–Kier alpha value is -4.41. The minimum absolute atomic E-state index is 0.125. The third kappa shape index (κ3) is 4.79. The van der Waals surface area contributed by atoms with Crippen LogP contribution in [0.4, 0.5) is 19.0 Å². The Kier molecular flexibility index (Phi) is 5.39. The lowest BCUT2D eigenvalue weighted by Crippen LogP contribution is -2.20. The summed E-state index contributed by atoms with van der Waals surface area (Å²) in [4.78, 5) is 15.6. The maximum Gasteiger partial charge on any atom is 0.573 e. The van der Waals surface area contributed by atoms with Crippen LogP contribution >= 0.6 is 0 Å². The summed E-state index contributed by atoms with van der Waals surface area (Å²) in [7, 11) is 0. The molecule has 2 aromatic carbocycles. The average molecular weight is 482 g/mol. The van der Waals surface area contributed by atoms with Crippen molar-refractivity contribution >= 4 is 22.6 Å². The van der Waals surface area contributed by atoms with Crippen LogP contribution in [-0.4, -0.2) is 32.6 Å². The van der Waals surface area contributed by atoms with Gasteiger partial charge in [0.15, 0.2) is 0 Å². The van der Waals surface area contributed by atoms with Crippen molar-refractivity contribution in [2.75, 3.05) is 5.32 Å². The van der Waals surface area contributed by atoms with Gasteiger partial charge in [0.25, 0.3) is 5.88 Å². The first-order valence-electron chi connectivity index (χ1n) is 10.5. The van der Waals surface area contributed by atoms with E-state index in [1.54, 1.807) is 42.7 Å². The van der Waals surface area contributed by atoms with E-state index in [-0.39, 0.29) is 22.9 Å². The van der Waals surface area contributed by atoms with Crippen LogP contribution in [0.5, 0.6) is 17.4 Å². The third-order valence-electron chi connectivity index (χ3n) is 5.61.